The molecule has 230 valence electrons. The topological polar surface area (TPSA) is 66.2 Å². The molecule has 0 radical (unpaired) electrons. The van der Waals surface area contributed by atoms with Gasteiger partial charge in [0.1, 0.15) is 30.1 Å². The normalized spacial score (nSPS) is 20.4. The number of rotatable bonds is 7. The maximum Gasteiger partial charge on any atom is 0.319 e. The van der Waals surface area contributed by atoms with Crippen LogP contribution in [0.3, 0.4) is 0 Å². The number of amides is 1. The minimum absolute atomic E-state index is 0.0396. The Morgan fingerprint density at radius 1 is 1.14 bits per heavy atom. The molecule has 44 heavy (non-hydrogen) atoms. The molecule has 0 saturated carbocycles. The first-order valence-electron chi connectivity index (χ1n) is 14.8. The summed E-state index contributed by atoms with van der Waals surface area (Å²) in [5, 5.41) is 0.443. The number of ether oxygens (including phenoxy) is 1. The van der Waals surface area contributed by atoms with E-state index in [1.165, 1.54) is 28.8 Å². The third-order valence-electron chi connectivity index (χ3n) is 8.72. The minimum atomic E-state index is -1.08. The van der Waals surface area contributed by atoms with Crippen LogP contribution in [-0.2, 0) is 11.2 Å². The van der Waals surface area contributed by atoms with Gasteiger partial charge < -0.3 is 24.3 Å². The van der Waals surface area contributed by atoms with Gasteiger partial charge in [0.15, 0.2) is 5.83 Å². The molecule has 8 nitrogen and oxygen atoms in total. The number of carbonyl (C=O) groups is 1. The van der Waals surface area contributed by atoms with Crippen LogP contribution in [0.2, 0.25) is 0 Å². The third-order valence-corrected chi connectivity index (χ3v) is 9.94. The summed E-state index contributed by atoms with van der Waals surface area (Å²) in [6, 6.07) is 5.82. The highest BCUT2D eigenvalue weighted by molar-refractivity contribution is 7.99. The van der Waals surface area contributed by atoms with Gasteiger partial charge in [-0.1, -0.05) is 12.6 Å². The number of hydrogen-bond donors (Lipinski definition) is 0. The average molecular weight is 623 g/mol. The first-order chi connectivity index (χ1) is 21.2. The second-order valence-electron chi connectivity index (χ2n) is 11.5. The Morgan fingerprint density at radius 2 is 1.98 bits per heavy atom. The van der Waals surface area contributed by atoms with Gasteiger partial charge in [0.25, 0.3) is 5.91 Å². The Balaban J connectivity index is 1.42. The summed E-state index contributed by atoms with van der Waals surface area (Å²) in [4.78, 5) is 31.3. The molecule has 2 atom stereocenters. The van der Waals surface area contributed by atoms with E-state index >= 15 is 4.39 Å². The average Bonchev–Trinajstić information content (AvgIpc) is 3.44. The molecule has 6 rings (SSSR count). The van der Waals surface area contributed by atoms with Gasteiger partial charge in [-0.15, -0.1) is 11.8 Å². The minimum Gasteiger partial charge on any atom is -0.462 e. The lowest BCUT2D eigenvalue weighted by molar-refractivity contribution is -0.131. The molecule has 0 aliphatic carbocycles. The van der Waals surface area contributed by atoms with Gasteiger partial charge in [-0.2, -0.15) is 9.97 Å². The molecule has 0 unspecified atom stereocenters. The summed E-state index contributed by atoms with van der Waals surface area (Å²) in [6.45, 7) is 12.5. The number of hydrogen-bond acceptors (Lipinski definition) is 7. The number of anilines is 1. The number of fused-ring (bicyclic) bond motifs is 2. The summed E-state index contributed by atoms with van der Waals surface area (Å²) < 4.78 is 50.6. The summed E-state index contributed by atoms with van der Waals surface area (Å²) in [5.74, 6) is -1.49. The molecule has 2 fully saturated rings. The highest BCUT2D eigenvalue weighted by Gasteiger charge is 2.35. The number of halogens is 3. The Morgan fingerprint density at radius 3 is 2.73 bits per heavy atom. The van der Waals surface area contributed by atoms with Crippen LogP contribution in [0, 0.1) is 18.2 Å². The Bertz CT molecular complexity index is 1660. The smallest absolute Gasteiger partial charge is 0.319 e. The molecule has 4 heterocycles. The maximum absolute atomic E-state index is 16.0. The lowest BCUT2D eigenvalue weighted by atomic mass is 9.95. The van der Waals surface area contributed by atoms with Gasteiger partial charge in [-0.25, -0.2) is 19.7 Å². The zero-order valence-electron chi connectivity index (χ0n) is 24.5. The number of aromatic nitrogens is 2. The predicted octanol–water partition coefficient (Wildman–Crippen LogP) is 5.51. The van der Waals surface area contributed by atoms with Gasteiger partial charge in [-0.05, 0) is 74.4 Å². The molecule has 0 spiro atoms. The van der Waals surface area contributed by atoms with Gasteiger partial charge in [0.05, 0.1) is 5.52 Å². The summed E-state index contributed by atoms with van der Waals surface area (Å²) in [6.07, 6.45) is 3.60. The van der Waals surface area contributed by atoms with Crippen LogP contribution in [0.5, 0.6) is 6.01 Å². The van der Waals surface area contributed by atoms with E-state index in [-0.39, 0.29) is 44.0 Å². The highest BCUT2D eigenvalue weighted by atomic mass is 32.2. The van der Waals surface area contributed by atoms with Crippen molar-refractivity contribution in [3.63, 3.8) is 0 Å². The predicted molar refractivity (Wildman–Crippen MR) is 165 cm³/mol. The zero-order chi connectivity index (χ0) is 31.0. The van der Waals surface area contributed by atoms with Crippen LogP contribution in [0.25, 0.3) is 26.9 Å². The number of benzene rings is 2. The molecule has 2 saturated heterocycles. The quantitative estimate of drug-likeness (QED) is 0.255. The molecule has 12 heteroatoms. The van der Waals surface area contributed by atoms with E-state index in [2.05, 4.69) is 23.4 Å². The van der Waals surface area contributed by atoms with Crippen molar-refractivity contribution in [2.45, 2.75) is 42.7 Å². The van der Waals surface area contributed by atoms with E-state index in [0.29, 0.717) is 45.8 Å². The molecule has 0 N–H and O–H groups in total. The zero-order valence-corrected chi connectivity index (χ0v) is 25.3. The van der Waals surface area contributed by atoms with Crippen molar-refractivity contribution >= 4 is 34.4 Å². The number of piperazine rings is 1. The fourth-order valence-electron chi connectivity index (χ4n) is 6.40. The second-order valence-corrected chi connectivity index (χ2v) is 12.6. The van der Waals surface area contributed by atoms with E-state index in [9.17, 15) is 13.6 Å². The third kappa shape index (κ3) is 5.83. The Kier molecular flexibility index (Phi) is 8.69. The van der Waals surface area contributed by atoms with E-state index in [4.69, 9.17) is 21.3 Å². The van der Waals surface area contributed by atoms with Gasteiger partial charge in [0, 0.05) is 41.5 Å². The molecule has 1 amide bonds. The molecule has 1 aromatic heterocycles. The Labute approximate surface area is 258 Å². The van der Waals surface area contributed by atoms with Crippen molar-refractivity contribution in [1.82, 2.24) is 19.8 Å². The Hall–Kier alpha value is -3.82. The van der Waals surface area contributed by atoms with E-state index < -0.39 is 23.6 Å². The fourth-order valence-corrected chi connectivity index (χ4v) is 7.48. The van der Waals surface area contributed by atoms with Crippen LogP contribution in [0.1, 0.15) is 24.8 Å². The molecular formula is C32H33F3N6O2S. The molecule has 2 aromatic carbocycles. The van der Waals surface area contributed by atoms with Crippen molar-refractivity contribution in [2.24, 2.45) is 0 Å². The monoisotopic (exact) mass is 622 g/mol. The van der Waals surface area contributed by atoms with Crippen LogP contribution < -0.4 is 9.64 Å². The van der Waals surface area contributed by atoms with Crippen LogP contribution in [0.15, 0.2) is 41.6 Å². The van der Waals surface area contributed by atoms with E-state index in [1.807, 2.05) is 4.90 Å². The number of likely N-dealkylation sites (tertiary alicyclic amines) is 1. The number of thioether (sulfide) groups is 1. The first-order valence-corrected chi connectivity index (χ1v) is 15.8. The maximum atomic E-state index is 16.0. The molecule has 3 aromatic rings. The van der Waals surface area contributed by atoms with Crippen molar-refractivity contribution in [1.29, 1.82) is 0 Å². The molecule has 0 bridgehead atoms. The van der Waals surface area contributed by atoms with Gasteiger partial charge in [0.2, 0.25) is 6.54 Å². The standard InChI is InChI=1S/C32H33F3N6O2S/c1-19(33)31(42)41-12-11-40(17-21(41)16-36-2)30-25-14-27(35)24(22-8-9-26(34)29-23(22)7-5-13-44-29)15-28(25)37-32(38-30)43-18-20-6-4-10-39(20)3/h8-9,14-15,20-21H,1,4-7,10-13,16-18H2,3H3/t20-,21-/m0/s1. The van der Waals surface area contributed by atoms with Crippen LogP contribution >= 0.6 is 11.8 Å². The number of carbonyl (C=O) groups excluding carboxylic acids is 1. The van der Waals surface area contributed by atoms with Gasteiger partial charge >= 0.3 is 6.01 Å². The van der Waals surface area contributed by atoms with Crippen molar-refractivity contribution in [3.8, 4) is 17.1 Å². The van der Waals surface area contributed by atoms with Gasteiger partial charge in [-0.3, -0.25) is 4.79 Å². The second kappa shape index (κ2) is 12.7. The van der Waals surface area contributed by atoms with Crippen molar-refractivity contribution in [3.05, 3.63) is 65.3 Å². The molecule has 3 aliphatic heterocycles. The SMILES string of the molecule is [C-]#[N+]C[C@H]1CN(c2nc(OC[C@@H]3CCCN3C)nc3cc(-c4ccc(F)c5c4CCCS5)c(F)cc23)CCN1C(=O)C(=C)F. The van der Waals surface area contributed by atoms with E-state index in [0.717, 1.165) is 37.1 Å². The van der Waals surface area contributed by atoms with Crippen molar-refractivity contribution < 1.29 is 22.7 Å². The first kappa shape index (κ1) is 30.2. The lowest BCUT2D eigenvalue weighted by Crippen LogP contribution is -2.56. The summed E-state index contributed by atoms with van der Waals surface area (Å²) in [7, 11) is 2.05. The summed E-state index contributed by atoms with van der Waals surface area (Å²) in [5.41, 5.74) is 2.22. The number of likely N-dealkylation sites (N-methyl/N-ethyl adjacent to an activating group) is 1. The van der Waals surface area contributed by atoms with Crippen LogP contribution in [-0.4, -0.2) is 89.9 Å². The fraction of sp³-hybridized carbons (Fsp3) is 0.438. The van der Waals surface area contributed by atoms with Crippen LogP contribution in [0.4, 0.5) is 19.0 Å². The molecular weight excluding hydrogens is 589 g/mol. The highest BCUT2D eigenvalue weighted by Crippen LogP contribution is 2.41. The lowest BCUT2D eigenvalue weighted by Gasteiger charge is -2.39. The van der Waals surface area contributed by atoms with Crippen molar-refractivity contribution in [2.75, 3.05) is 57.0 Å². The number of nitrogens with zero attached hydrogens (tertiary/aromatic N) is 6. The molecule has 3 aliphatic rings. The summed E-state index contributed by atoms with van der Waals surface area (Å²) >= 11 is 1.45. The largest absolute Gasteiger partial charge is 0.462 e. The van der Waals surface area contributed by atoms with E-state index in [1.54, 1.807) is 12.1 Å².